The van der Waals surface area contributed by atoms with Crippen LogP contribution < -0.4 is 0 Å². The minimum Gasteiger partial charge on any atom is -0.376 e. The first-order valence-corrected chi connectivity index (χ1v) is 6.60. The number of hydrogen-bond donors (Lipinski definition) is 0. The first kappa shape index (κ1) is 13.8. The van der Waals surface area contributed by atoms with Gasteiger partial charge in [0, 0.05) is 6.61 Å². The fourth-order valence-electron chi connectivity index (χ4n) is 3.13. The van der Waals surface area contributed by atoms with Crippen LogP contribution in [0.15, 0.2) is 12.2 Å². The molecule has 0 N–H and O–H groups in total. The normalized spacial score (nSPS) is 34.4. The van der Waals surface area contributed by atoms with Gasteiger partial charge in [0.25, 0.3) is 0 Å². The molecule has 2 unspecified atom stereocenters. The van der Waals surface area contributed by atoms with Crippen molar-refractivity contribution in [2.45, 2.75) is 65.9 Å². The van der Waals surface area contributed by atoms with Gasteiger partial charge in [0.2, 0.25) is 0 Å². The number of rotatable bonds is 3. The number of hydrogen-bond acceptors (Lipinski definition) is 1. The summed E-state index contributed by atoms with van der Waals surface area (Å²) in [6.45, 7) is 16.3. The SMILES string of the molecule is C=C(C)C1CCC(C)(OCC)CCC1(C)C. The molecule has 0 amide bonds. The molecule has 1 rings (SSSR count). The second-order valence-corrected chi connectivity index (χ2v) is 6.31. The average Bonchev–Trinajstić information content (AvgIpc) is 2.25. The van der Waals surface area contributed by atoms with E-state index >= 15 is 0 Å². The summed E-state index contributed by atoms with van der Waals surface area (Å²) in [5.41, 5.74) is 1.81. The molecule has 0 saturated heterocycles. The monoisotopic (exact) mass is 224 g/mol. The van der Waals surface area contributed by atoms with Gasteiger partial charge in [-0.05, 0) is 57.8 Å². The van der Waals surface area contributed by atoms with Gasteiger partial charge >= 0.3 is 0 Å². The van der Waals surface area contributed by atoms with E-state index in [0.29, 0.717) is 11.3 Å². The molecule has 0 aromatic carbocycles. The third kappa shape index (κ3) is 3.10. The van der Waals surface area contributed by atoms with Crippen LogP contribution >= 0.6 is 0 Å². The second kappa shape index (κ2) is 4.91. The predicted molar refractivity (Wildman–Crippen MR) is 70.6 cm³/mol. The van der Waals surface area contributed by atoms with Crippen LogP contribution in [-0.4, -0.2) is 12.2 Å². The number of allylic oxidation sites excluding steroid dienone is 1. The third-order valence-electron chi connectivity index (χ3n) is 4.29. The Bertz CT molecular complexity index is 254. The van der Waals surface area contributed by atoms with Gasteiger partial charge in [-0.1, -0.05) is 26.0 Å². The lowest BCUT2D eigenvalue weighted by Gasteiger charge is -2.33. The van der Waals surface area contributed by atoms with Crippen molar-refractivity contribution in [3.8, 4) is 0 Å². The van der Waals surface area contributed by atoms with Crippen LogP contribution in [0.3, 0.4) is 0 Å². The van der Waals surface area contributed by atoms with E-state index < -0.39 is 0 Å². The van der Waals surface area contributed by atoms with E-state index in [1.807, 2.05) is 0 Å². The molecule has 0 bridgehead atoms. The molecule has 0 aromatic heterocycles. The zero-order chi connectivity index (χ0) is 12.4. The van der Waals surface area contributed by atoms with E-state index in [4.69, 9.17) is 4.74 Å². The summed E-state index contributed by atoms with van der Waals surface area (Å²) in [5.74, 6) is 0.648. The zero-order valence-corrected chi connectivity index (χ0v) is 11.7. The first-order chi connectivity index (χ1) is 7.31. The molecule has 16 heavy (non-hydrogen) atoms. The predicted octanol–water partition coefficient (Wildman–Crippen LogP) is 4.57. The Hall–Kier alpha value is -0.300. The van der Waals surface area contributed by atoms with E-state index in [1.165, 1.54) is 31.3 Å². The van der Waals surface area contributed by atoms with Crippen molar-refractivity contribution in [3.63, 3.8) is 0 Å². The molecule has 2 atom stereocenters. The lowest BCUT2D eigenvalue weighted by atomic mass is 9.72. The van der Waals surface area contributed by atoms with Crippen molar-refractivity contribution in [1.82, 2.24) is 0 Å². The van der Waals surface area contributed by atoms with Crippen molar-refractivity contribution in [1.29, 1.82) is 0 Å². The van der Waals surface area contributed by atoms with Crippen molar-refractivity contribution >= 4 is 0 Å². The summed E-state index contributed by atoms with van der Waals surface area (Å²) in [7, 11) is 0. The summed E-state index contributed by atoms with van der Waals surface area (Å²) in [6, 6.07) is 0. The molecule has 1 fully saturated rings. The topological polar surface area (TPSA) is 9.23 Å². The second-order valence-electron chi connectivity index (χ2n) is 6.31. The van der Waals surface area contributed by atoms with Gasteiger partial charge in [0.1, 0.15) is 0 Å². The quantitative estimate of drug-likeness (QED) is 0.504. The van der Waals surface area contributed by atoms with Crippen molar-refractivity contribution in [3.05, 3.63) is 12.2 Å². The molecule has 0 spiro atoms. The maximum atomic E-state index is 5.94. The maximum absolute atomic E-state index is 5.94. The minimum atomic E-state index is 0.0935. The van der Waals surface area contributed by atoms with Gasteiger partial charge in [-0.2, -0.15) is 0 Å². The summed E-state index contributed by atoms with van der Waals surface area (Å²) >= 11 is 0. The summed E-state index contributed by atoms with van der Waals surface area (Å²) in [6.07, 6.45) is 4.80. The zero-order valence-electron chi connectivity index (χ0n) is 11.7. The van der Waals surface area contributed by atoms with Gasteiger partial charge in [0.15, 0.2) is 0 Å². The molecule has 94 valence electrons. The molecular formula is C15H28O. The summed E-state index contributed by atoms with van der Waals surface area (Å²) < 4.78 is 5.94. The van der Waals surface area contributed by atoms with E-state index in [1.54, 1.807) is 0 Å². The molecule has 0 heterocycles. The molecule has 1 nitrogen and oxygen atoms in total. The van der Waals surface area contributed by atoms with E-state index in [0.717, 1.165) is 6.61 Å². The maximum Gasteiger partial charge on any atom is 0.0654 e. The highest BCUT2D eigenvalue weighted by Gasteiger charge is 2.38. The van der Waals surface area contributed by atoms with E-state index in [9.17, 15) is 0 Å². The Labute approximate surface area is 101 Å². The van der Waals surface area contributed by atoms with Crippen LogP contribution in [0.5, 0.6) is 0 Å². The van der Waals surface area contributed by atoms with Crippen LogP contribution in [0.4, 0.5) is 0 Å². The van der Waals surface area contributed by atoms with Crippen LogP contribution in [-0.2, 0) is 4.74 Å². The summed E-state index contributed by atoms with van der Waals surface area (Å²) in [4.78, 5) is 0. The Kier molecular flexibility index (Phi) is 4.23. The Morgan fingerprint density at radius 3 is 2.38 bits per heavy atom. The standard InChI is InChI=1S/C15H28O/c1-7-16-15(6)9-8-13(12(2)3)14(4,5)10-11-15/h13H,2,7-11H2,1,3-6H3. The van der Waals surface area contributed by atoms with Gasteiger partial charge < -0.3 is 4.74 Å². The molecule has 1 aliphatic carbocycles. The first-order valence-electron chi connectivity index (χ1n) is 6.60. The molecule has 1 heteroatoms. The van der Waals surface area contributed by atoms with Crippen molar-refractivity contribution < 1.29 is 4.74 Å². The van der Waals surface area contributed by atoms with Crippen LogP contribution in [0.25, 0.3) is 0 Å². The van der Waals surface area contributed by atoms with Gasteiger partial charge in [0.05, 0.1) is 5.60 Å². The molecule has 1 aliphatic rings. The minimum absolute atomic E-state index is 0.0935. The largest absolute Gasteiger partial charge is 0.376 e. The van der Waals surface area contributed by atoms with Gasteiger partial charge in [-0.25, -0.2) is 0 Å². The fraction of sp³-hybridized carbons (Fsp3) is 0.867. The molecule has 1 saturated carbocycles. The van der Waals surface area contributed by atoms with Crippen LogP contribution in [0.2, 0.25) is 0 Å². The van der Waals surface area contributed by atoms with E-state index in [-0.39, 0.29) is 5.60 Å². The molecular weight excluding hydrogens is 196 g/mol. The smallest absolute Gasteiger partial charge is 0.0654 e. The molecule has 0 aliphatic heterocycles. The summed E-state index contributed by atoms with van der Waals surface area (Å²) in [5, 5.41) is 0. The van der Waals surface area contributed by atoms with E-state index in [2.05, 4.69) is 41.2 Å². The van der Waals surface area contributed by atoms with Gasteiger partial charge in [-0.15, -0.1) is 0 Å². The highest BCUT2D eigenvalue weighted by atomic mass is 16.5. The highest BCUT2D eigenvalue weighted by molar-refractivity contribution is 5.05. The third-order valence-corrected chi connectivity index (χ3v) is 4.29. The fourth-order valence-corrected chi connectivity index (χ4v) is 3.13. The molecule has 0 aromatic rings. The van der Waals surface area contributed by atoms with Crippen molar-refractivity contribution in [2.75, 3.05) is 6.61 Å². The van der Waals surface area contributed by atoms with Crippen LogP contribution in [0, 0.1) is 11.3 Å². The molecule has 0 radical (unpaired) electrons. The van der Waals surface area contributed by atoms with Gasteiger partial charge in [-0.3, -0.25) is 0 Å². The average molecular weight is 224 g/mol. The Morgan fingerprint density at radius 2 is 1.88 bits per heavy atom. The Morgan fingerprint density at radius 1 is 1.25 bits per heavy atom. The lowest BCUT2D eigenvalue weighted by Crippen LogP contribution is -2.28. The van der Waals surface area contributed by atoms with Crippen molar-refractivity contribution in [2.24, 2.45) is 11.3 Å². The lowest BCUT2D eigenvalue weighted by molar-refractivity contribution is -0.0371. The van der Waals surface area contributed by atoms with Crippen LogP contribution in [0.1, 0.15) is 60.3 Å². The highest BCUT2D eigenvalue weighted by Crippen LogP contribution is 2.46. The Balaban J connectivity index is 2.79. The number of ether oxygens (including phenoxy) is 1.